The summed E-state index contributed by atoms with van der Waals surface area (Å²) in [4.78, 5) is 46.8. The van der Waals surface area contributed by atoms with Crippen LogP contribution in [0.2, 0.25) is 0 Å². The lowest BCUT2D eigenvalue weighted by Crippen LogP contribution is -2.52. The molecule has 11 heteroatoms. The molecule has 31 heavy (non-hydrogen) atoms. The molecule has 1 saturated heterocycles. The van der Waals surface area contributed by atoms with E-state index in [4.69, 9.17) is 9.90 Å². The lowest BCUT2D eigenvalue weighted by atomic mass is 9.93. The zero-order valence-corrected chi connectivity index (χ0v) is 16.3. The first-order valence-corrected chi connectivity index (χ1v) is 9.56. The van der Waals surface area contributed by atoms with Gasteiger partial charge >= 0.3 is 12.1 Å². The number of benzene rings is 1. The van der Waals surface area contributed by atoms with Crippen LogP contribution in [0, 0.1) is 0 Å². The third kappa shape index (κ3) is 4.93. The van der Waals surface area contributed by atoms with Crippen LogP contribution in [-0.2, 0) is 20.9 Å². The molecule has 1 unspecified atom stereocenters. The maximum atomic E-state index is 12.8. The average Bonchev–Trinajstić information content (AvgIpc) is 3.05. The maximum absolute atomic E-state index is 12.8. The molecular weight excluding hydrogens is 419 g/mol. The van der Waals surface area contributed by atoms with Gasteiger partial charge in [-0.1, -0.05) is 18.2 Å². The summed E-state index contributed by atoms with van der Waals surface area (Å²) in [6, 6.07) is 5.23. The summed E-state index contributed by atoms with van der Waals surface area (Å²) in [5.41, 5.74) is 4.04. The first-order chi connectivity index (χ1) is 14.6. The fourth-order valence-electron chi connectivity index (χ4n) is 3.75. The van der Waals surface area contributed by atoms with Crippen molar-refractivity contribution in [2.75, 3.05) is 13.1 Å². The van der Waals surface area contributed by atoms with E-state index in [1.54, 1.807) is 4.90 Å². The van der Waals surface area contributed by atoms with Crippen molar-refractivity contribution in [3.8, 4) is 0 Å². The summed E-state index contributed by atoms with van der Waals surface area (Å²) in [7, 11) is 0. The van der Waals surface area contributed by atoms with Gasteiger partial charge in [-0.05, 0) is 42.2 Å². The number of imide groups is 1. The number of piperidine rings is 1. The topological polar surface area (TPSA) is 116 Å². The number of carbonyl (C=O) groups excluding carboxylic acids is 3. The van der Waals surface area contributed by atoms with Crippen LogP contribution in [0.25, 0.3) is 5.57 Å². The Labute approximate surface area is 175 Å². The second-order valence-electron chi connectivity index (χ2n) is 7.22. The number of halogens is 3. The molecule has 4 rings (SSSR count). The Morgan fingerprint density at radius 1 is 1.13 bits per heavy atom. The summed E-state index contributed by atoms with van der Waals surface area (Å²) in [6.45, 7) is 2.20. The first-order valence-electron chi connectivity index (χ1n) is 9.56. The molecule has 3 heterocycles. The molecule has 0 saturated carbocycles. The van der Waals surface area contributed by atoms with Gasteiger partial charge in [0.25, 0.3) is 5.91 Å². The molecule has 3 aliphatic rings. The van der Waals surface area contributed by atoms with Gasteiger partial charge in [-0.3, -0.25) is 19.7 Å². The number of hydrogen-bond donors (Lipinski definition) is 3. The van der Waals surface area contributed by atoms with E-state index in [0.29, 0.717) is 18.5 Å². The van der Waals surface area contributed by atoms with Crippen molar-refractivity contribution in [2.45, 2.75) is 38.0 Å². The van der Waals surface area contributed by atoms with Crippen molar-refractivity contribution in [3.63, 3.8) is 0 Å². The predicted octanol–water partition coefficient (Wildman–Crippen LogP) is 1.46. The number of rotatable bonds is 2. The van der Waals surface area contributed by atoms with Crippen LogP contribution in [0.1, 0.15) is 40.7 Å². The summed E-state index contributed by atoms with van der Waals surface area (Å²) >= 11 is 0. The Morgan fingerprint density at radius 2 is 1.81 bits per heavy atom. The normalized spacial score (nSPS) is 21.0. The van der Waals surface area contributed by atoms with Gasteiger partial charge in [0.1, 0.15) is 6.04 Å². The highest BCUT2D eigenvalue weighted by molar-refractivity contribution is 6.06. The SMILES string of the molecule is O=C(O)C(F)(F)F.O=C1CCC(N2Cc3c(cccc3C3=CCNCC3)C2=O)C(=O)N1. The number of nitrogens with one attached hydrogen (secondary N) is 2. The van der Waals surface area contributed by atoms with E-state index in [-0.39, 0.29) is 24.1 Å². The van der Waals surface area contributed by atoms with Crippen molar-refractivity contribution < 1.29 is 37.5 Å². The van der Waals surface area contributed by atoms with E-state index in [1.165, 1.54) is 5.57 Å². The van der Waals surface area contributed by atoms with Crippen LogP contribution in [-0.4, -0.2) is 59.0 Å². The van der Waals surface area contributed by atoms with E-state index < -0.39 is 18.2 Å². The van der Waals surface area contributed by atoms with Crippen LogP contribution in [0.3, 0.4) is 0 Å². The van der Waals surface area contributed by atoms with Gasteiger partial charge in [0.2, 0.25) is 11.8 Å². The number of carboxylic acids is 1. The number of amides is 3. The van der Waals surface area contributed by atoms with Gasteiger partial charge in [-0.25, -0.2) is 4.79 Å². The van der Waals surface area contributed by atoms with E-state index >= 15 is 0 Å². The Hall–Kier alpha value is -3.21. The van der Waals surface area contributed by atoms with Crippen molar-refractivity contribution >= 4 is 29.3 Å². The Bertz CT molecular complexity index is 958. The third-order valence-electron chi connectivity index (χ3n) is 5.23. The molecule has 8 nitrogen and oxygen atoms in total. The second-order valence-corrected chi connectivity index (χ2v) is 7.22. The van der Waals surface area contributed by atoms with E-state index in [0.717, 1.165) is 30.6 Å². The lowest BCUT2D eigenvalue weighted by molar-refractivity contribution is -0.192. The standard InChI is InChI=1S/C18H19N3O3.C2HF3O2/c22-16-5-4-15(17(23)20-16)21-10-14-12(11-6-8-19-9-7-11)2-1-3-13(14)18(21)24;3-2(4,5)1(6)7/h1-3,6,15,19H,4-5,7-10H2,(H,20,22,23);(H,6,7). The number of aliphatic carboxylic acids is 1. The molecule has 3 aliphatic heterocycles. The Kier molecular flexibility index (Phi) is 6.44. The molecule has 0 aromatic heterocycles. The van der Waals surface area contributed by atoms with Crippen LogP contribution in [0.5, 0.6) is 0 Å². The third-order valence-corrected chi connectivity index (χ3v) is 5.23. The summed E-state index contributed by atoms with van der Waals surface area (Å²) in [6.07, 6.45) is -1.31. The molecule has 0 aliphatic carbocycles. The molecule has 0 spiro atoms. The number of nitrogens with zero attached hydrogens (tertiary/aromatic N) is 1. The molecule has 3 N–H and O–H groups in total. The van der Waals surface area contributed by atoms with Crippen LogP contribution in [0.15, 0.2) is 24.3 Å². The van der Waals surface area contributed by atoms with Crippen molar-refractivity contribution in [3.05, 3.63) is 41.0 Å². The number of fused-ring (bicyclic) bond motifs is 1. The van der Waals surface area contributed by atoms with Gasteiger partial charge in [0.05, 0.1) is 0 Å². The summed E-state index contributed by atoms with van der Waals surface area (Å²) < 4.78 is 31.7. The molecule has 3 amide bonds. The van der Waals surface area contributed by atoms with Crippen molar-refractivity contribution in [1.29, 1.82) is 0 Å². The first kappa shape index (κ1) is 22.5. The molecule has 1 aromatic carbocycles. The molecule has 1 atom stereocenters. The smallest absolute Gasteiger partial charge is 0.475 e. The molecule has 0 radical (unpaired) electrons. The second kappa shape index (κ2) is 8.88. The fourth-order valence-corrected chi connectivity index (χ4v) is 3.75. The lowest BCUT2D eigenvalue weighted by Gasteiger charge is -2.29. The minimum atomic E-state index is -5.08. The van der Waals surface area contributed by atoms with Gasteiger partial charge in [-0.15, -0.1) is 0 Å². The largest absolute Gasteiger partial charge is 0.490 e. The maximum Gasteiger partial charge on any atom is 0.490 e. The van der Waals surface area contributed by atoms with Crippen molar-refractivity contribution in [1.82, 2.24) is 15.5 Å². The molecule has 0 bridgehead atoms. The Morgan fingerprint density at radius 3 is 2.39 bits per heavy atom. The number of carbonyl (C=O) groups is 4. The number of alkyl halides is 3. The molecule has 1 aromatic rings. The highest BCUT2D eigenvalue weighted by Crippen LogP contribution is 2.34. The highest BCUT2D eigenvalue weighted by Gasteiger charge is 2.40. The minimum Gasteiger partial charge on any atom is -0.475 e. The fraction of sp³-hybridized carbons (Fsp3) is 0.400. The zero-order chi connectivity index (χ0) is 22.8. The van der Waals surface area contributed by atoms with Crippen LogP contribution in [0.4, 0.5) is 13.2 Å². The summed E-state index contributed by atoms with van der Waals surface area (Å²) in [5.74, 6) is -3.50. The molecule has 1 fully saturated rings. The number of hydrogen-bond acceptors (Lipinski definition) is 5. The van der Waals surface area contributed by atoms with E-state index in [1.807, 2.05) is 12.1 Å². The van der Waals surface area contributed by atoms with Crippen LogP contribution >= 0.6 is 0 Å². The quantitative estimate of drug-likeness (QED) is 0.601. The van der Waals surface area contributed by atoms with Crippen molar-refractivity contribution in [2.24, 2.45) is 0 Å². The van der Waals surface area contributed by atoms with Gasteiger partial charge in [0, 0.05) is 25.1 Å². The van der Waals surface area contributed by atoms with Gasteiger partial charge in [-0.2, -0.15) is 13.2 Å². The predicted molar refractivity (Wildman–Crippen MR) is 102 cm³/mol. The monoisotopic (exact) mass is 439 g/mol. The zero-order valence-electron chi connectivity index (χ0n) is 16.3. The molecular formula is C20H20F3N3O5. The highest BCUT2D eigenvalue weighted by atomic mass is 19.4. The average molecular weight is 439 g/mol. The van der Waals surface area contributed by atoms with Gasteiger partial charge < -0.3 is 15.3 Å². The van der Waals surface area contributed by atoms with E-state index in [2.05, 4.69) is 22.8 Å². The molecule has 166 valence electrons. The van der Waals surface area contributed by atoms with E-state index in [9.17, 15) is 27.6 Å². The van der Waals surface area contributed by atoms with Gasteiger partial charge in [0.15, 0.2) is 0 Å². The Balaban J connectivity index is 0.000000339. The number of carboxylic acid groups (broad SMARTS) is 1. The minimum absolute atomic E-state index is 0.115. The van der Waals surface area contributed by atoms with Crippen LogP contribution < -0.4 is 10.6 Å². The summed E-state index contributed by atoms with van der Waals surface area (Å²) in [5, 5.41) is 12.8.